The van der Waals surface area contributed by atoms with Crippen molar-refractivity contribution in [1.29, 1.82) is 0 Å². The van der Waals surface area contributed by atoms with Gasteiger partial charge in [-0.25, -0.2) is 13.1 Å². The first-order chi connectivity index (χ1) is 10.0. The van der Waals surface area contributed by atoms with E-state index in [1.54, 1.807) is 12.1 Å². The minimum absolute atomic E-state index is 0.0108. The van der Waals surface area contributed by atoms with E-state index >= 15 is 0 Å². The average molecular weight is 311 g/mol. The number of hydrogen-bond acceptors (Lipinski definition) is 4. The van der Waals surface area contributed by atoms with Gasteiger partial charge in [0.15, 0.2) is 0 Å². The van der Waals surface area contributed by atoms with Crippen molar-refractivity contribution in [2.24, 2.45) is 0 Å². The zero-order chi connectivity index (χ0) is 15.3. The van der Waals surface area contributed by atoms with Crippen LogP contribution in [0, 0.1) is 0 Å². The zero-order valence-corrected chi connectivity index (χ0v) is 13.6. The summed E-state index contributed by atoms with van der Waals surface area (Å²) >= 11 is 0. The van der Waals surface area contributed by atoms with E-state index in [1.165, 1.54) is 0 Å². The van der Waals surface area contributed by atoms with Gasteiger partial charge in [0.2, 0.25) is 10.0 Å². The van der Waals surface area contributed by atoms with E-state index in [9.17, 15) is 8.42 Å². The van der Waals surface area contributed by atoms with Gasteiger partial charge in [-0.1, -0.05) is 25.1 Å². The molecule has 1 saturated heterocycles. The standard InChI is InChI=1S/C15H25N3O2S/c1-3-9-16-11-13-6-4-5-7-15(13)21(19,20)17-14-8-10-18(2)12-14/h4-7,14,16-17H,3,8-12H2,1-2H3. The molecule has 1 aliphatic rings. The van der Waals surface area contributed by atoms with Gasteiger partial charge in [0, 0.05) is 19.1 Å². The first-order valence-corrected chi connectivity index (χ1v) is 9.00. The molecule has 0 bridgehead atoms. The Labute approximate surface area is 127 Å². The summed E-state index contributed by atoms with van der Waals surface area (Å²) in [5.74, 6) is 0. The monoisotopic (exact) mass is 311 g/mol. The predicted octanol–water partition coefficient (Wildman–Crippen LogP) is 1.17. The highest BCUT2D eigenvalue weighted by Gasteiger charge is 2.26. The summed E-state index contributed by atoms with van der Waals surface area (Å²) in [6, 6.07) is 7.23. The van der Waals surface area contributed by atoms with Crippen molar-refractivity contribution in [2.75, 3.05) is 26.7 Å². The second-order valence-electron chi connectivity index (χ2n) is 5.65. The van der Waals surface area contributed by atoms with Crippen molar-refractivity contribution >= 4 is 10.0 Å². The number of hydrogen-bond donors (Lipinski definition) is 2. The lowest BCUT2D eigenvalue weighted by molar-refractivity contribution is 0.407. The SMILES string of the molecule is CCCNCc1ccccc1S(=O)(=O)NC1CCN(C)C1. The molecule has 1 atom stereocenters. The van der Waals surface area contributed by atoms with Crippen molar-refractivity contribution in [2.45, 2.75) is 37.2 Å². The van der Waals surface area contributed by atoms with Gasteiger partial charge in [0.05, 0.1) is 4.90 Å². The summed E-state index contributed by atoms with van der Waals surface area (Å²) in [5, 5.41) is 3.26. The highest BCUT2D eigenvalue weighted by Crippen LogP contribution is 2.17. The fraction of sp³-hybridized carbons (Fsp3) is 0.600. The van der Waals surface area contributed by atoms with Crippen LogP contribution in [0.25, 0.3) is 0 Å². The third kappa shape index (κ3) is 4.51. The van der Waals surface area contributed by atoms with Crippen molar-refractivity contribution in [3.8, 4) is 0 Å². The zero-order valence-electron chi connectivity index (χ0n) is 12.8. The normalized spacial score (nSPS) is 20.0. The first kappa shape index (κ1) is 16.4. The van der Waals surface area contributed by atoms with Crippen LogP contribution >= 0.6 is 0 Å². The lowest BCUT2D eigenvalue weighted by atomic mass is 10.2. The Morgan fingerprint density at radius 1 is 1.33 bits per heavy atom. The molecule has 1 heterocycles. The molecule has 0 aliphatic carbocycles. The molecule has 21 heavy (non-hydrogen) atoms. The van der Waals surface area contributed by atoms with E-state index in [0.717, 1.165) is 38.0 Å². The molecule has 5 nitrogen and oxygen atoms in total. The Kier molecular flexibility index (Phi) is 5.75. The smallest absolute Gasteiger partial charge is 0.241 e. The maximum Gasteiger partial charge on any atom is 0.241 e. The highest BCUT2D eigenvalue weighted by molar-refractivity contribution is 7.89. The highest BCUT2D eigenvalue weighted by atomic mass is 32.2. The van der Waals surface area contributed by atoms with Crippen LogP contribution in [0.15, 0.2) is 29.2 Å². The summed E-state index contributed by atoms with van der Waals surface area (Å²) in [5.41, 5.74) is 0.824. The van der Waals surface area contributed by atoms with Gasteiger partial charge < -0.3 is 10.2 Å². The van der Waals surface area contributed by atoms with Crippen LogP contribution in [0.4, 0.5) is 0 Å². The van der Waals surface area contributed by atoms with Crippen molar-refractivity contribution in [3.63, 3.8) is 0 Å². The molecule has 1 unspecified atom stereocenters. The Morgan fingerprint density at radius 2 is 2.10 bits per heavy atom. The second-order valence-corrected chi connectivity index (χ2v) is 7.34. The molecule has 6 heteroatoms. The van der Waals surface area contributed by atoms with Gasteiger partial charge in [0.25, 0.3) is 0 Å². The van der Waals surface area contributed by atoms with Crippen LogP contribution in [0.3, 0.4) is 0 Å². The Hall–Kier alpha value is -0.950. The third-order valence-electron chi connectivity index (χ3n) is 3.72. The second kappa shape index (κ2) is 7.35. The predicted molar refractivity (Wildman–Crippen MR) is 84.7 cm³/mol. The fourth-order valence-corrected chi connectivity index (χ4v) is 4.13. The molecule has 0 aromatic heterocycles. The Balaban J connectivity index is 2.11. The first-order valence-electron chi connectivity index (χ1n) is 7.52. The van der Waals surface area contributed by atoms with Crippen molar-refractivity contribution in [3.05, 3.63) is 29.8 Å². The van der Waals surface area contributed by atoms with Crippen LogP contribution in [0.5, 0.6) is 0 Å². The Bertz CT molecular complexity index is 560. The fourth-order valence-electron chi connectivity index (χ4n) is 2.63. The summed E-state index contributed by atoms with van der Waals surface area (Å²) in [6.07, 6.45) is 1.90. The molecule has 2 rings (SSSR count). The van der Waals surface area contributed by atoms with E-state index in [1.807, 2.05) is 19.2 Å². The Morgan fingerprint density at radius 3 is 2.76 bits per heavy atom. The molecule has 1 aliphatic heterocycles. The van der Waals surface area contributed by atoms with Gasteiger partial charge in [-0.2, -0.15) is 0 Å². The van der Waals surface area contributed by atoms with Crippen molar-refractivity contribution in [1.82, 2.24) is 14.9 Å². The molecule has 2 N–H and O–H groups in total. The lowest BCUT2D eigenvalue weighted by Gasteiger charge is -2.16. The van der Waals surface area contributed by atoms with Gasteiger partial charge in [0.1, 0.15) is 0 Å². The number of nitrogens with one attached hydrogen (secondary N) is 2. The van der Waals surface area contributed by atoms with Crippen molar-refractivity contribution < 1.29 is 8.42 Å². The van der Waals surface area contributed by atoms with E-state index in [0.29, 0.717) is 11.4 Å². The molecular formula is C15H25N3O2S. The molecule has 1 aromatic rings. The number of benzene rings is 1. The minimum Gasteiger partial charge on any atom is -0.313 e. The number of likely N-dealkylation sites (tertiary alicyclic amines) is 1. The van der Waals surface area contributed by atoms with Gasteiger partial charge in [-0.05, 0) is 44.6 Å². The quantitative estimate of drug-likeness (QED) is 0.742. The molecule has 0 spiro atoms. The van der Waals surface area contributed by atoms with Gasteiger partial charge in [-0.15, -0.1) is 0 Å². The molecule has 0 radical (unpaired) electrons. The van der Waals surface area contributed by atoms with Gasteiger partial charge in [-0.3, -0.25) is 0 Å². The van der Waals surface area contributed by atoms with Crippen LogP contribution in [0.2, 0.25) is 0 Å². The maximum absolute atomic E-state index is 12.6. The number of rotatable bonds is 7. The third-order valence-corrected chi connectivity index (χ3v) is 5.34. The topological polar surface area (TPSA) is 61.4 Å². The summed E-state index contributed by atoms with van der Waals surface area (Å²) in [7, 11) is -1.44. The van der Waals surface area contributed by atoms with Gasteiger partial charge >= 0.3 is 0 Å². The average Bonchev–Trinajstić information content (AvgIpc) is 2.84. The largest absolute Gasteiger partial charge is 0.313 e. The lowest BCUT2D eigenvalue weighted by Crippen LogP contribution is -2.37. The van der Waals surface area contributed by atoms with E-state index < -0.39 is 10.0 Å². The number of likely N-dealkylation sites (N-methyl/N-ethyl adjacent to an activating group) is 1. The number of nitrogens with zero attached hydrogens (tertiary/aromatic N) is 1. The molecule has 0 saturated carbocycles. The van der Waals surface area contributed by atoms with E-state index in [2.05, 4.69) is 21.9 Å². The minimum atomic E-state index is -3.45. The summed E-state index contributed by atoms with van der Waals surface area (Å²) < 4.78 is 28.0. The van der Waals surface area contributed by atoms with Crippen LogP contribution in [-0.2, 0) is 16.6 Å². The molecule has 1 fully saturated rings. The molecule has 1 aromatic carbocycles. The van der Waals surface area contributed by atoms with E-state index in [4.69, 9.17) is 0 Å². The van der Waals surface area contributed by atoms with Crippen LogP contribution < -0.4 is 10.0 Å². The van der Waals surface area contributed by atoms with E-state index in [-0.39, 0.29) is 6.04 Å². The maximum atomic E-state index is 12.6. The summed E-state index contributed by atoms with van der Waals surface area (Å²) in [6.45, 7) is 5.26. The molecule has 118 valence electrons. The van der Waals surface area contributed by atoms with Crippen LogP contribution in [0.1, 0.15) is 25.3 Å². The molecular weight excluding hydrogens is 286 g/mol. The summed E-state index contributed by atoms with van der Waals surface area (Å²) in [4.78, 5) is 2.53. The molecule has 0 amide bonds. The van der Waals surface area contributed by atoms with Crippen LogP contribution in [-0.4, -0.2) is 46.0 Å². The number of sulfonamides is 1.